The first kappa shape index (κ1) is 29.9. The molecule has 2 aromatic heterocycles. The first-order valence-electron chi connectivity index (χ1n) is 13.2. The van der Waals surface area contributed by atoms with Crippen LogP contribution in [0.2, 0.25) is 0 Å². The molecule has 13 heteroatoms. The summed E-state index contributed by atoms with van der Waals surface area (Å²) in [6.07, 6.45) is 2.08. The zero-order chi connectivity index (χ0) is 29.9. The Labute approximate surface area is 234 Å². The summed E-state index contributed by atoms with van der Waals surface area (Å²) in [7, 11) is 1.11. The van der Waals surface area contributed by atoms with E-state index in [-0.39, 0.29) is 35.2 Å². The number of esters is 1. The monoisotopic (exact) mass is 577 g/mol. The van der Waals surface area contributed by atoms with Gasteiger partial charge in [0.15, 0.2) is 11.6 Å². The third kappa shape index (κ3) is 6.83. The third-order valence-electron chi connectivity index (χ3n) is 7.04. The molecule has 4 rings (SSSR count). The average molecular weight is 578 g/mol. The van der Waals surface area contributed by atoms with Crippen LogP contribution in [0.5, 0.6) is 11.6 Å². The van der Waals surface area contributed by atoms with E-state index in [2.05, 4.69) is 22.1 Å². The number of aromatic nitrogens is 4. The zero-order valence-corrected chi connectivity index (χ0v) is 23.1. The van der Waals surface area contributed by atoms with Crippen LogP contribution >= 0.6 is 0 Å². The van der Waals surface area contributed by atoms with Crippen LogP contribution in [0, 0.1) is 17.7 Å². The Balaban J connectivity index is 1.72. The number of alkyl halides is 3. The van der Waals surface area contributed by atoms with Crippen LogP contribution in [0.15, 0.2) is 36.8 Å². The van der Waals surface area contributed by atoms with Crippen LogP contribution in [0.3, 0.4) is 0 Å². The molecular formula is C28H31F4N5O4. The molecule has 1 aromatic carbocycles. The number of methoxy groups -OCH3 is 1. The van der Waals surface area contributed by atoms with Gasteiger partial charge in [-0.25, -0.2) is 14.2 Å². The van der Waals surface area contributed by atoms with E-state index in [1.165, 1.54) is 22.1 Å². The van der Waals surface area contributed by atoms with Crippen LogP contribution in [0.1, 0.15) is 67.9 Å². The van der Waals surface area contributed by atoms with Crippen LogP contribution in [0.4, 0.5) is 23.2 Å². The van der Waals surface area contributed by atoms with Gasteiger partial charge in [0.25, 0.3) is 0 Å². The minimum absolute atomic E-state index is 0.0496. The van der Waals surface area contributed by atoms with Gasteiger partial charge in [-0.1, -0.05) is 6.92 Å². The van der Waals surface area contributed by atoms with E-state index in [9.17, 15) is 22.8 Å². The Morgan fingerprint density at radius 3 is 2.34 bits per heavy atom. The highest BCUT2D eigenvalue weighted by molar-refractivity contribution is 6.04. The highest BCUT2D eigenvalue weighted by atomic mass is 19.4. The number of hydrogen-bond acceptors (Lipinski definition) is 7. The number of ether oxygens (including phenoxy) is 2. The van der Waals surface area contributed by atoms with Gasteiger partial charge in [0, 0.05) is 30.3 Å². The Hall–Kier alpha value is -4.03. The van der Waals surface area contributed by atoms with E-state index in [0.29, 0.717) is 18.8 Å². The molecule has 0 aliphatic heterocycles. The Bertz CT molecular complexity index is 1390. The van der Waals surface area contributed by atoms with Gasteiger partial charge in [-0.2, -0.15) is 28.2 Å². The van der Waals surface area contributed by atoms with Crippen molar-refractivity contribution in [2.45, 2.75) is 65.2 Å². The number of amides is 1. The quantitative estimate of drug-likeness (QED) is 0.238. The summed E-state index contributed by atoms with van der Waals surface area (Å²) in [5, 5.41) is 7.73. The van der Waals surface area contributed by atoms with Crippen LogP contribution in [0.25, 0.3) is 0 Å². The van der Waals surface area contributed by atoms with Gasteiger partial charge in [-0.3, -0.25) is 4.79 Å². The van der Waals surface area contributed by atoms with Crippen molar-refractivity contribution in [3.63, 3.8) is 0 Å². The molecular weight excluding hydrogens is 546 g/mol. The number of anilines is 1. The van der Waals surface area contributed by atoms with Gasteiger partial charge in [-0.15, -0.1) is 0 Å². The zero-order valence-electron chi connectivity index (χ0n) is 23.1. The van der Waals surface area contributed by atoms with Crippen molar-refractivity contribution in [1.82, 2.24) is 20.0 Å². The minimum atomic E-state index is -4.89. The molecule has 9 nitrogen and oxygen atoms in total. The summed E-state index contributed by atoms with van der Waals surface area (Å²) >= 11 is 0. The van der Waals surface area contributed by atoms with Crippen molar-refractivity contribution in [1.29, 1.82) is 0 Å². The van der Waals surface area contributed by atoms with E-state index in [4.69, 9.17) is 9.47 Å². The van der Waals surface area contributed by atoms with Crippen LogP contribution < -0.4 is 9.64 Å². The van der Waals surface area contributed by atoms with E-state index in [1.54, 1.807) is 13.8 Å². The first-order chi connectivity index (χ1) is 19.4. The second-order valence-corrected chi connectivity index (χ2v) is 10.4. The van der Waals surface area contributed by atoms with Crippen molar-refractivity contribution in [2.75, 3.05) is 12.0 Å². The standard InChI is InChI=1S/C28H31F4N5O4/c1-16(2)37(26(38)19-7-5-17(3)6-8-19)23-13-22(29)24(12-20(23)27(39)40-4)41-25-21(28(30,31)32)11-18(14-33-25)15-36-34-9-10-35-36/h9-14,16-17,19H,5-8,15H2,1-4H3. The van der Waals surface area contributed by atoms with E-state index < -0.39 is 41.2 Å². The largest absolute Gasteiger partial charge is 0.465 e. The predicted octanol–water partition coefficient (Wildman–Crippen LogP) is 6.03. The predicted molar refractivity (Wildman–Crippen MR) is 140 cm³/mol. The lowest BCUT2D eigenvalue weighted by Crippen LogP contribution is -2.43. The Morgan fingerprint density at radius 1 is 1.10 bits per heavy atom. The Morgan fingerprint density at radius 2 is 1.76 bits per heavy atom. The SMILES string of the molecule is COC(=O)c1cc(Oc2ncc(Cn3nccn3)cc2C(F)(F)F)c(F)cc1N(C(=O)C1CCC(C)CC1)C(C)C. The fourth-order valence-electron chi connectivity index (χ4n) is 4.91. The van der Waals surface area contributed by atoms with E-state index >= 15 is 4.39 Å². The lowest BCUT2D eigenvalue weighted by atomic mass is 9.82. The van der Waals surface area contributed by atoms with Gasteiger partial charge in [-0.05, 0) is 57.1 Å². The van der Waals surface area contributed by atoms with E-state index in [1.807, 2.05) is 0 Å². The molecule has 1 saturated carbocycles. The lowest BCUT2D eigenvalue weighted by Gasteiger charge is -2.34. The summed E-state index contributed by atoms with van der Waals surface area (Å²) < 4.78 is 67.5. The minimum Gasteiger partial charge on any atom is -0.465 e. The number of benzene rings is 1. The summed E-state index contributed by atoms with van der Waals surface area (Å²) in [6.45, 7) is 5.49. The molecule has 220 valence electrons. The van der Waals surface area contributed by atoms with Crippen LogP contribution in [-0.4, -0.2) is 45.0 Å². The second-order valence-electron chi connectivity index (χ2n) is 10.4. The lowest BCUT2D eigenvalue weighted by molar-refractivity contribution is -0.139. The van der Waals surface area contributed by atoms with Gasteiger partial charge in [0.05, 0.1) is 37.3 Å². The molecule has 3 aromatic rings. The molecule has 0 spiro atoms. The normalized spacial score (nSPS) is 17.4. The van der Waals surface area contributed by atoms with Gasteiger partial charge in [0.1, 0.15) is 5.56 Å². The molecule has 41 heavy (non-hydrogen) atoms. The van der Waals surface area contributed by atoms with Gasteiger partial charge < -0.3 is 14.4 Å². The topological polar surface area (TPSA) is 99.4 Å². The number of nitrogens with zero attached hydrogens (tertiary/aromatic N) is 5. The highest BCUT2D eigenvalue weighted by Gasteiger charge is 2.37. The molecule has 2 heterocycles. The molecule has 0 radical (unpaired) electrons. The number of carbonyl (C=O) groups excluding carboxylic acids is 2. The number of hydrogen-bond donors (Lipinski definition) is 0. The number of carbonyl (C=O) groups is 2. The van der Waals surface area contributed by atoms with Crippen molar-refractivity contribution in [3.05, 3.63) is 59.3 Å². The molecule has 1 fully saturated rings. The van der Waals surface area contributed by atoms with Crippen molar-refractivity contribution in [3.8, 4) is 11.6 Å². The van der Waals surface area contributed by atoms with Crippen molar-refractivity contribution in [2.24, 2.45) is 11.8 Å². The fraction of sp³-hybridized carbons (Fsp3) is 0.464. The summed E-state index contributed by atoms with van der Waals surface area (Å²) in [5.74, 6) is -3.64. The molecule has 0 saturated heterocycles. The Kier molecular flexibility index (Phi) is 8.93. The van der Waals surface area contributed by atoms with Crippen molar-refractivity contribution < 1.29 is 36.6 Å². The summed E-state index contributed by atoms with van der Waals surface area (Å²) in [4.78, 5) is 32.7. The maximum Gasteiger partial charge on any atom is 0.421 e. The maximum absolute atomic E-state index is 15.5. The number of rotatable bonds is 8. The second kappa shape index (κ2) is 12.2. The van der Waals surface area contributed by atoms with Crippen molar-refractivity contribution >= 4 is 17.6 Å². The fourth-order valence-corrected chi connectivity index (χ4v) is 4.91. The third-order valence-corrected chi connectivity index (χ3v) is 7.04. The van der Waals surface area contributed by atoms with Gasteiger partial charge >= 0.3 is 12.1 Å². The van der Waals surface area contributed by atoms with Gasteiger partial charge in [0.2, 0.25) is 11.8 Å². The molecule has 1 aliphatic carbocycles. The summed E-state index contributed by atoms with van der Waals surface area (Å²) in [6, 6.07) is 2.21. The molecule has 0 bridgehead atoms. The molecule has 0 N–H and O–H groups in total. The molecule has 1 aliphatic rings. The number of halogens is 4. The molecule has 1 amide bonds. The van der Waals surface area contributed by atoms with Crippen LogP contribution in [-0.2, 0) is 22.3 Å². The number of pyridine rings is 1. The molecule has 0 unspecified atom stereocenters. The summed E-state index contributed by atoms with van der Waals surface area (Å²) in [5.41, 5.74) is -1.40. The smallest absolute Gasteiger partial charge is 0.421 e. The highest BCUT2D eigenvalue weighted by Crippen LogP contribution is 2.40. The average Bonchev–Trinajstić information content (AvgIpc) is 3.43. The van der Waals surface area contributed by atoms with E-state index in [0.717, 1.165) is 44.3 Å². The molecule has 0 atom stereocenters. The first-order valence-corrected chi connectivity index (χ1v) is 13.2. The maximum atomic E-state index is 15.5.